The van der Waals surface area contributed by atoms with Crippen LogP contribution in [0, 0.1) is 0 Å². The predicted molar refractivity (Wildman–Crippen MR) is 58.6 cm³/mol. The van der Waals surface area contributed by atoms with Crippen LogP contribution in [-0.2, 0) is 12.8 Å². The molecule has 0 radical (unpaired) electrons. The average molecular weight is 190 g/mol. The molecule has 0 amide bonds. The lowest BCUT2D eigenvalue weighted by Gasteiger charge is -2.07. The number of aliphatic hydroxyl groups is 1. The maximum atomic E-state index is 8.77. The highest BCUT2D eigenvalue weighted by Crippen LogP contribution is 2.33. The van der Waals surface area contributed by atoms with E-state index in [-0.39, 0.29) is 0 Å². The molecule has 1 aliphatic rings. The fourth-order valence-electron chi connectivity index (χ4n) is 2.30. The molecule has 0 saturated carbocycles. The molecule has 2 rings (SSSR count). The summed E-state index contributed by atoms with van der Waals surface area (Å²) < 4.78 is 0. The van der Waals surface area contributed by atoms with E-state index in [1.54, 1.807) is 5.56 Å². The minimum Gasteiger partial charge on any atom is -0.396 e. The highest BCUT2D eigenvalue weighted by Gasteiger charge is 2.17. The van der Waals surface area contributed by atoms with Crippen molar-refractivity contribution in [3.8, 4) is 0 Å². The number of hydrogen-bond donors (Lipinski definition) is 1. The van der Waals surface area contributed by atoms with E-state index in [1.807, 2.05) is 0 Å². The van der Waals surface area contributed by atoms with Crippen LogP contribution >= 0.6 is 0 Å². The third-order valence-electron chi connectivity index (χ3n) is 3.21. The fourth-order valence-corrected chi connectivity index (χ4v) is 2.30. The van der Waals surface area contributed by atoms with Crippen molar-refractivity contribution >= 4 is 0 Å². The Labute approximate surface area is 85.8 Å². The summed E-state index contributed by atoms with van der Waals surface area (Å²) in [5.41, 5.74) is 4.46. The number of benzene rings is 1. The first-order chi connectivity index (χ1) is 6.81. The molecule has 1 atom stereocenters. The van der Waals surface area contributed by atoms with Crippen molar-refractivity contribution in [2.24, 2.45) is 0 Å². The van der Waals surface area contributed by atoms with Crippen LogP contribution in [0.3, 0.4) is 0 Å². The summed E-state index contributed by atoms with van der Waals surface area (Å²) in [5, 5.41) is 8.77. The van der Waals surface area contributed by atoms with Gasteiger partial charge in [-0.3, -0.25) is 0 Å². The van der Waals surface area contributed by atoms with Crippen LogP contribution in [0.5, 0.6) is 0 Å². The first kappa shape index (κ1) is 9.72. The van der Waals surface area contributed by atoms with Gasteiger partial charge in [0, 0.05) is 6.61 Å². The summed E-state index contributed by atoms with van der Waals surface area (Å²) in [5.74, 6) is 0.735. The number of fused-ring (bicyclic) bond motifs is 1. The minimum atomic E-state index is 0.298. The van der Waals surface area contributed by atoms with Gasteiger partial charge in [0.1, 0.15) is 0 Å². The van der Waals surface area contributed by atoms with Gasteiger partial charge in [0.25, 0.3) is 0 Å². The van der Waals surface area contributed by atoms with Crippen LogP contribution in [0.4, 0.5) is 0 Å². The van der Waals surface area contributed by atoms with Gasteiger partial charge in [-0.15, -0.1) is 0 Å². The molecule has 1 nitrogen and oxygen atoms in total. The zero-order chi connectivity index (χ0) is 9.97. The third kappa shape index (κ3) is 1.83. The summed E-state index contributed by atoms with van der Waals surface area (Å²) in [6.45, 7) is 2.61. The van der Waals surface area contributed by atoms with Gasteiger partial charge in [0.15, 0.2) is 0 Å². The molecule has 1 aliphatic carbocycles. The Morgan fingerprint density at radius 1 is 1.43 bits per heavy atom. The standard InChI is InChI=1S/C13H18O/c1-10-4-6-12-7-5-11(3-2-8-14)9-13(10)12/h5,7,9-10,14H,2-4,6,8H2,1H3. The number of aryl methyl sites for hydroxylation is 2. The third-order valence-corrected chi connectivity index (χ3v) is 3.21. The van der Waals surface area contributed by atoms with E-state index in [2.05, 4.69) is 25.1 Å². The molecule has 0 fully saturated rings. The summed E-state index contributed by atoms with van der Waals surface area (Å²) in [6, 6.07) is 6.82. The molecule has 1 aromatic rings. The highest BCUT2D eigenvalue weighted by molar-refractivity contribution is 5.38. The molecular weight excluding hydrogens is 172 g/mol. The predicted octanol–water partition coefficient (Wildman–Crippen LogP) is 2.66. The zero-order valence-electron chi connectivity index (χ0n) is 8.79. The van der Waals surface area contributed by atoms with Gasteiger partial charge in [-0.05, 0) is 48.3 Å². The van der Waals surface area contributed by atoms with Gasteiger partial charge in [0.2, 0.25) is 0 Å². The molecule has 0 spiro atoms. The molecule has 0 bridgehead atoms. The molecule has 1 aromatic carbocycles. The van der Waals surface area contributed by atoms with Crippen molar-refractivity contribution < 1.29 is 5.11 Å². The maximum Gasteiger partial charge on any atom is 0.0434 e. The van der Waals surface area contributed by atoms with E-state index >= 15 is 0 Å². The first-order valence-corrected chi connectivity index (χ1v) is 5.54. The summed E-state index contributed by atoms with van der Waals surface area (Å²) in [4.78, 5) is 0. The topological polar surface area (TPSA) is 20.2 Å². The molecule has 14 heavy (non-hydrogen) atoms. The van der Waals surface area contributed by atoms with Gasteiger partial charge in [-0.1, -0.05) is 25.1 Å². The molecule has 0 aliphatic heterocycles. The van der Waals surface area contributed by atoms with E-state index < -0.39 is 0 Å². The molecule has 1 heteroatoms. The second kappa shape index (κ2) is 4.14. The quantitative estimate of drug-likeness (QED) is 0.777. The largest absolute Gasteiger partial charge is 0.396 e. The summed E-state index contributed by atoms with van der Waals surface area (Å²) >= 11 is 0. The molecule has 1 unspecified atom stereocenters. The van der Waals surface area contributed by atoms with Crippen LogP contribution in [0.2, 0.25) is 0 Å². The lowest BCUT2D eigenvalue weighted by molar-refractivity contribution is 0.288. The van der Waals surface area contributed by atoms with E-state index in [0.29, 0.717) is 6.61 Å². The van der Waals surface area contributed by atoms with Gasteiger partial charge >= 0.3 is 0 Å². The average Bonchev–Trinajstić information content (AvgIpc) is 2.57. The smallest absolute Gasteiger partial charge is 0.0434 e. The minimum absolute atomic E-state index is 0.298. The monoisotopic (exact) mass is 190 g/mol. The molecule has 1 N–H and O–H groups in total. The molecule has 0 saturated heterocycles. The van der Waals surface area contributed by atoms with Crippen molar-refractivity contribution in [2.75, 3.05) is 6.61 Å². The Hall–Kier alpha value is -0.820. The normalized spacial score (nSPS) is 19.7. The van der Waals surface area contributed by atoms with E-state index in [1.165, 1.54) is 24.0 Å². The Morgan fingerprint density at radius 3 is 3.07 bits per heavy atom. The Morgan fingerprint density at radius 2 is 2.29 bits per heavy atom. The fraction of sp³-hybridized carbons (Fsp3) is 0.538. The molecule has 0 aromatic heterocycles. The Kier molecular flexibility index (Phi) is 2.87. The summed E-state index contributed by atoms with van der Waals surface area (Å²) in [6.07, 6.45) is 4.44. The first-order valence-electron chi connectivity index (χ1n) is 5.54. The Bertz CT molecular complexity index is 317. The van der Waals surface area contributed by atoms with Gasteiger partial charge in [-0.25, -0.2) is 0 Å². The molecular formula is C13H18O. The second-order valence-electron chi connectivity index (χ2n) is 4.30. The maximum absolute atomic E-state index is 8.77. The van der Waals surface area contributed by atoms with E-state index in [0.717, 1.165) is 18.8 Å². The number of rotatable bonds is 3. The van der Waals surface area contributed by atoms with Gasteiger partial charge in [-0.2, -0.15) is 0 Å². The zero-order valence-corrected chi connectivity index (χ0v) is 8.79. The highest BCUT2D eigenvalue weighted by atomic mass is 16.2. The SMILES string of the molecule is CC1CCc2ccc(CCCO)cc21. The van der Waals surface area contributed by atoms with Crippen LogP contribution in [0.1, 0.15) is 42.4 Å². The van der Waals surface area contributed by atoms with E-state index in [4.69, 9.17) is 5.11 Å². The van der Waals surface area contributed by atoms with Gasteiger partial charge in [0.05, 0.1) is 0 Å². The lowest BCUT2D eigenvalue weighted by Crippen LogP contribution is -1.93. The van der Waals surface area contributed by atoms with Gasteiger partial charge < -0.3 is 5.11 Å². The lowest BCUT2D eigenvalue weighted by atomic mass is 9.99. The van der Waals surface area contributed by atoms with Crippen molar-refractivity contribution in [1.82, 2.24) is 0 Å². The summed E-state index contributed by atoms with van der Waals surface area (Å²) in [7, 11) is 0. The van der Waals surface area contributed by atoms with Crippen LogP contribution in [0.15, 0.2) is 18.2 Å². The molecule has 76 valence electrons. The van der Waals surface area contributed by atoms with Crippen molar-refractivity contribution in [1.29, 1.82) is 0 Å². The van der Waals surface area contributed by atoms with Crippen molar-refractivity contribution in [3.05, 3.63) is 34.9 Å². The van der Waals surface area contributed by atoms with Crippen LogP contribution in [0.25, 0.3) is 0 Å². The van der Waals surface area contributed by atoms with Crippen LogP contribution < -0.4 is 0 Å². The van der Waals surface area contributed by atoms with Crippen molar-refractivity contribution in [3.63, 3.8) is 0 Å². The van der Waals surface area contributed by atoms with E-state index in [9.17, 15) is 0 Å². The van der Waals surface area contributed by atoms with Crippen molar-refractivity contribution in [2.45, 2.75) is 38.5 Å². The number of aliphatic hydroxyl groups excluding tert-OH is 1. The number of hydrogen-bond acceptors (Lipinski definition) is 1. The van der Waals surface area contributed by atoms with Crippen LogP contribution in [-0.4, -0.2) is 11.7 Å². The Balaban J connectivity index is 2.17. The molecule has 0 heterocycles. The second-order valence-corrected chi connectivity index (χ2v) is 4.30.